The lowest BCUT2D eigenvalue weighted by Crippen LogP contribution is -2.53. The molecule has 0 aromatic heterocycles. The van der Waals surface area contributed by atoms with Gasteiger partial charge in [0, 0.05) is 6.07 Å². The van der Waals surface area contributed by atoms with Crippen molar-refractivity contribution in [1.82, 2.24) is 5.32 Å². The molecule has 1 aromatic rings. The van der Waals surface area contributed by atoms with Gasteiger partial charge in [-0.1, -0.05) is 6.92 Å². The van der Waals surface area contributed by atoms with Gasteiger partial charge in [0.25, 0.3) is 5.91 Å². The number of amides is 1. The highest BCUT2D eigenvalue weighted by Gasteiger charge is 2.35. The maximum absolute atomic E-state index is 12.9. The van der Waals surface area contributed by atoms with Crippen LogP contribution in [-0.2, 0) is 0 Å². The molecule has 2 rings (SSSR count). The van der Waals surface area contributed by atoms with E-state index in [1.165, 1.54) is 6.07 Å². The van der Waals surface area contributed by atoms with Gasteiger partial charge in [0.2, 0.25) is 0 Å². The first-order valence-electron chi connectivity index (χ1n) is 6.88. The molecule has 5 heteroatoms. The van der Waals surface area contributed by atoms with Crippen LogP contribution in [-0.4, -0.2) is 28.3 Å². The number of nitrogens with one attached hydrogen (secondary N) is 1. The highest BCUT2D eigenvalue weighted by molar-refractivity contribution is 5.97. The zero-order valence-corrected chi connectivity index (χ0v) is 11.5. The molecule has 0 saturated heterocycles. The van der Waals surface area contributed by atoms with E-state index in [1.807, 2.05) is 0 Å². The van der Waals surface area contributed by atoms with E-state index in [0.29, 0.717) is 18.8 Å². The van der Waals surface area contributed by atoms with Gasteiger partial charge < -0.3 is 15.5 Å². The van der Waals surface area contributed by atoms with Gasteiger partial charge in [-0.05, 0) is 43.7 Å². The summed E-state index contributed by atoms with van der Waals surface area (Å²) in [7, 11) is 0. The molecule has 3 N–H and O–H groups in total. The fourth-order valence-electron chi connectivity index (χ4n) is 2.64. The van der Waals surface area contributed by atoms with E-state index in [0.717, 1.165) is 25.0 Å². The Hall–Kier alpha value is -1.62. The number of aliphatic hydroxyl groups is 1. The molecule has 1 amide bonds. The van der Waals surface area contributed by atoms with Gasteiger partial charge in [-0.15, -0.1) is 0 Å². The summed E-state index contributed by atoms with van der Waals surface area (Å²) < 4.78 is 12.9. The second-order valence-electron chi connectivity index (χ2n) is 5.74. The third kappa shape index (κ3) is 3.10. The summed E-state index contributed by atoms with van der Waals surface area (Å²) in [4.78, 5) is 12.2. The fourth-order valence-corrected chi connectivity index (χ4v) is 2.64. The predicted octanol–water partition coefficient (Wildman–Crippen LogP) is 2.20. The number of carbonyl (C=O) groups is 1. The first-order valence-corrected chi connectivity index (χ1v) is 6.88. The minimum Gasteiger partial charge on any atom is -0.507 e. The molecule has 0 bridgehead atoms. The van der Waals surface area contributed by atoms with Crippen LogP contribution in [0.4, 0.5) is 4.39 Å². The Labute approximate surface area is 117 Å². The molecule has 0 radical (unpaired) electrons. The molecule has 1 aliphatic carbocycles. The topological polar surface area (TPSA) is 69.6 Å². The maximum atomic E-state index is 12.9. The predicted molar refractivity (Wildman–Crippen MR) is 73.0 cm³/mol. The number of phenolic OH excluding ortho intramolecular Hbond substituents is 1. The summed E-state index contributed by atoms with van der Waals surface area (Å²) in [5.74, 6) is -0.876. The highest BCUT2D eigenvalue weighted by Crippen LogP contribution is 2.32. The lowest BCUT2D eigenvalue weighted by Gasteiger charge is -2.38. The zero-order chi connectivity index (χ0) is 14.8. The number of aromatic hydroxyl groups is 1. The van der Waals surface area contributed by atoms with Crippen molar-refractivity contribution in [1.29, 1.82) is 0 Å². The number of hydrogen-bond acceptors (Lipinski definition) is 3. The zero-order valence-electron chi connectivity index (χ0n) is 11.5. The average molecular weight is 281 g/mol. The SMILES string of the molecule is CC1CCC(CO)(NC(=O)c2ccc(F)cc2O)CC1. The molecule has 0 aliphatic heterocycles. The molecule has 0 heterocycles. The number of carbonyl (C=O) groups excluding carboxylic acids is 1. The van der Waals surface area contributed by atoms with E-state index < -0.39 is 17.3 Å². The molecule has 4 nitrogen and oxygen atoms in total. The van der Waals surface area contributed by atoms with Crippen molar-refractivity contribution in [2.24, 2.45) is 5.92 Å². The molecule has 1 aliphatic rings. The Balaban J connectivity index is 2.13. The van der Waals surface area contributed by atoms with Crippen molar-refractivity contribution < 1.29 is 19.4 Å². The third-order valence-corrected chi connectivity index (χ3v) is 4.12. The smallest absolute Gasteiger partial charge is 0.255 e. The van der Waals surface area contributed by atoms with Crippen LogP contribution >= 0.6 is 0 Å². The van der Waals surface area contributed by atoms with Crippen LogP contribution in [0, 0.1) is 11.7 Å². The van der Waals surface area contributed by atoms with E-state index in [2.05, 4.69) is 12.2 Å². The van der Waals surface area contributed by atoms with E-state index in [-0.39, 0.29) is 17.9 Å². The van der Waals surface area contributed by atoms with Crippen molar-refractivity contribution in [2.45, 2.75) is 38.1 Å². The number of aliphatic hydroxyl groups excluding tert-OH is 1. The maximum Gasteiger partial charge on any atom is 0.255 e. The average Bonchev–Trinajstić information content (AvgIpc) is 2.41. The van der Waals surface area contributed by atoms with Crippen LogP contribution in [0.3, 0.4) is 0 Å². The van der Waals surface area contributed by atoms with Crippen molar-refractivity contribution in [3.05, 3.63) is 29.6 Å². The Morgan fingerprint density at radius 1 is 1.45 bits per heavy atom. The number of phenols is 1. The normalized spacial score (nSPS) is 26.2. The highest BCUT2D eigenvalue weighted by atomic mass is 19.1. The van der Waals surface area contributed by atoms with Crippen molar-refractivity contribution in [3.63, 3.8) is 0 Å². The summed E-state index contributed by atoms with van der Waals surface area (Å²) in [6, 6.07) is 3.28. The molecule has 1 saturated carbocycles. The van der Waals surface area contributed by atoms with Crippen LogP contribution < -0.4 is 5.32 Å². The Morgan fingerprint density at radius 3 is 2.65 bits per heavy atom. The van der Waals surface area contributed by atoms with Gasteiger partial charge in [0.15, 0.2) is 0 Å². The van der Waals surface area contributed by atoms with Gasteiger partial charge >= 0.3 is 0 Å². The van der Waals surface area contributed by atoms with Gasteiger partial charge in [-0.3, -0.25) is 4.79 Å². The Kier molecular flexibility index (Phi) is 4.28. The van der Waals surface area contributed by atoms with Gasteiger partial charge in [-0.25, -0.2) is 4.39 Å². The monoisotopic (exact) mass is 281 g/mol. The lowest BCUT2D eigenvalue weighted by molar-refractivity contribution is 0.0715. The molecular weight excluding hydrogens is 261 g/mol. The molecule has 1 aromatic carbocycles. The quantitative estimate of drug-likeness (QED) is 0.795. The lowest BCUT2D eigenvalue weighted by atomic mass is 9.77. The first kappa shape index (κ1) is 14.8. The van der Waals surface area contributed by atoms with Crippen LogP contribution in [0.25, 0.3) is 0 Å². The minimum atomic E-state index is -0.635. The van der Waals surface area contributed by atoms with Gasteiger partial charge in [-0.2, -0.15) is 0 Å². The number of benzene rings is 1. The van der Waals surface area contributed by atoms with E-state index in [1.54, 1.807) is 0 Å². The van der Waals surface area contributed by atoms with Crippen molar-refractivity contribution >= 4 is 5.91 Å². The van der Waals surface area contributed by atoms with Crippen LogP contribution in [0.1, 0.15) is 43.0 Å². The molecule has 20 heavy (non-hydrogen) atoms. The number of halogens is 1. The number of hydrogen-bond donors (Lipinski definition) is 3. The summed E-state index contributed by atoms with van der Waals surface area (Å²) >= 11 is 0. The summed E-state index contributed by atoms with van der Waals surface area (Å²) in [5, 5.41) is 22.0. The molecule has 110 valence electrons. The third-order valence-electron chi connectivity index (χ3n) is 4.12. The van der Waals surface area contributed by atoms with E-state index >= 15 is 0 Å². The standard InChI is InChI=1S/C15H20FNO3/c1-10-4-6-15(9-18,7-5-10)17-14(20)12-3-2-11(16)8-13(12)19/h2-3,8,10,18-19H,4-7,9H2,1H3,(H,17,20). The first-order chi connectivity index (χ1) is 9.46. The summed E-state index contributed by atoms with van der Waals surface area (Å²) in [5.41, 5.74) is -0.609. The minimum absolute atomic E-state index is 0.0258. The van der Waals surface area contributed by atoms with Crippen LogP contribution in [0.2, 0.25) is 0 Å². The second kappa shape index (κ2) is 5.79. The van der Waals surface area contributed by atoms with Crippen LogP contribution in [0.15, 0.2) is 18.2 Å². The van der Waals surface area contributed by atoms with Crippen LogP contribution in [0.5, 0.6) is 5.75 Å². The largest absolute Gasteiger partial charge is 0.507 e. The van der Waals surface area contributed by atoms with E-state index in [9.17, 15) is 19.4 Å². The van der Waals surface area contributed by atoms with E-state index in [4.69, 9.17) is 0 Å². The molecular formula is C15H20FNO3. The summed E-state index contributed by atoms with van der Waals surface area (Å²) in [6.07, 6.45) is 3.29. The van der Waals surface area contributed by atoms with Crippen molar-refractivity contribution in [2.75, 3.05) is 6.61 Å². The fraction of sp³-hybridized carbons (Fsp3) is 0.533. The van der Waals surface area contributed by atoms with Crippen molar-refractivity contribution in [3.8, 4) is 5.75 Å². The molecule has 0 spiro atoms. The second-order valence-corrected chi connectivity index (χ2v) is 5.74. The van der Waals surface area contributed by atoms with Gasteiger partial charge in [0.05, 0.1) is 17.7 Å². The molecule has 0 atom stereocenters. The Morgan fingerprint density at radius 2 is 2.10 bits per heavy atom. The van der Waals surface area contributed by atoms with Gasteiger partial charge in [0.1, 0.15) is 11.6 Å². The number of rotatable bonds is 3. The Bertz CT molecular complexity index is 496. The summed E-state index contributed by atoms with van der Waals surface area (Å²) in [6.45, 7) is 2.02. The molecule has 1 fully saturated rings. The molecule has 0 unspecified atom stereocenters.